The van der Waals surface area contributed by atoms with E-state index in [0.717, 1.165) is 0 Å². The van der Waals surface area contributed by atoms with E-state index in [4.69, 9.17) is 10.8 Å². The van der Waals surface area contributed by atoms with Gasteiger partial charge >= 0.3 is 5.97 Å². The largest absolute Gasteiger partial charge is 0.480 e. The number of carboxylic acids is 1. The molecule has 30 heavy (non-hydrogen) atoms. The van der Waals surface area contributed by atoms with E-state index in [2.05, 4.69) is 16.0 Å². The summed E-state index contributed by atoms with van der Waals surface area (Å²) in [7, 11) is 0. The number of carboxylic acid groups (broad SMARTS) is 1. The normalized spacial score (nSPS) is 16.3. The Labute approximate surface area is 178 Å². The second-order valence-electron chi connectivity index (χ2n) is 8.42. The maximum atomic E-state index is 12.8. The number of amides is 3. The number of hydrogen-bond acceptors (Lipinski definition) is 6. The molecule has 0 heterocycles. The zero-order chi connectivity index (χ0) is 23.6. The van der Waals surface area contributed by atoms with Gasteiger partial charge in [-0.1, -0.05) is 48.0 Å². The standard InChI is InChI=1S/C20H38N4O6/c1-7-12(6)16(20(29)30)24-18(27)14(8-10(2)3)22-19(28)15(11(4)5)23-17(26)13(21)9-25/h10-16,25H,7-9,21H2,1-6H3,(H,22,28)(H,23,26)(H,24,27)(H,29,30). The zero-order valence-electron chi connectivity index (χ0n) is 18.8. The van der Waals surface area contributed by atoms with E-state index in [0.29, 0.717) is 12.8 Å². The second kappa shape index (κ2) is 13.2. The Morgan fingerprint density at radius 1 is 0.867 bits per heavy atom. The van der Waals surface area contributed by atoms with Gasteiger partial charge in [-0.25, -0.2) is 4.79 Å². The summed E-state index contributed by atoms with van der Waals surface area (Å²) in [6.45, 7) is 10.2. The van der Waals surface area contributed by atoms with Crippen molar-refractivity contribution in [1.82, 2.24) is 16.0 Å². The van der Waals surface area contributed by atoms with Crippen molar-refractivity contribution in [2.75, 3.05) is 6.61 Å². The van der Waals surface area contributed by atoms with Gasteiger partial charge < -0.3 is 31.9 Å². The van der Waals surface area contributed by atoms with Crippen LogP contribution in [-0.2, 0) is 19.2 Å². The van der Waals surface area contributed by atoms with Crippen molar-refractivity contribution in [1.29, 1.82) is 0 Å². The van der Waals surface area contributed by atoms with Crippen molar-refractivity contribution >= 4 is 23.7 Å². The lowest BCUT2D eigenvalue weighted by Gasteiger charge is -2.28. The van der Waals surface area contributed by atoms with Gasteiger partial charge in [-0.15, -0.1) is 0 Å². The van der Waals surface area contributed by atoms with E-state index in [9.17, 15) is 24.3 Å². The predicted molar refractivity (Wildman–Crippen MR) is 112 cm³/mol. The molecule has 0 aliphatic rings. The van der Waals surface area contributed by atoms with E-state index in [1.54, 1.807) is 20.8 Å². The Bertz CT molecular complexity index is 596. The SMILES string of the molecule is CCC(C)C(NC(=O)C(CC(C)C)NC(=O)C(NC(=O)C(N)CO)C(C)C)C(=O)O. The number of nitrogens with two attached hydrogens (primary N) is 1. The fraction of sp³-hybridized carbons (Fsp3) is 0.800. The molecule has 0 saturated heterocycles. The molecule has 0 aliphatic carbocycles. The zero-order valence-corrected chi connectivity index (χ0v) is 18.8. The molecule has 0 saturated carbocycles. The van der Waals surface area contributed by atoms with Gasteiger partial charge in [-0.2, -0.15) is 0 Å². The third-order valence-electron chi connectivity index (χ3n) is 4.90. The molecule has 5 unspecified atom stereocenters. The lowest BCUT2D eigenvalue weighted by Crippen LogP contribution is -2.59. The minimum Gasteiger partial charge on any atom is -0.480 e. The van der Waals surface area contributed by atoms with E-state index >= 15 is 0 Å². The van der Waals surface area contributed by atoms with Crippen LogP contribution < -0.4 is 21.7 Å². The second-order valence-corrected chi connectivity index (χ2v) is 8.42. The average molecular weight is 431 g/mol. The first-order chi connectivity index (χ1) is 13.8. The quantitative estimate of drug-likeness (QED) is 0.231. The fourth-order valence-electron chi connectivity index (χ4n) is 2.78. The van der Waals surface area contributed by atoms with Gasteiger partial charge in [0.2, 0.25) is 17.7 Å². The molecule has 0 fully saturated rings. The van der Waals surface area contributed by atoms with Crippen molar-refractivity contribution in [3.8, 4) is 0 Å². The van der Waals surface area contributed by atoms with Crippen molar-refractivity contribution in [3.63, 3.8) is 0 Å². The summed E-state index contributed by atoms with van der Waals surface area (Å²) < 4.78 is 0. The molecule has 0 aromatic rings. The number of carbonyl (C=O) groups excluding carboxylic acids is 3. The summed E-state index contributed by atoms with van der Waals surface area (Å²) in [6.07, 6.45) is 0.852. The van der Waals surface area contributed by atoms with E-state index in [1.165, 1.54) is 0 Å². The fourth-order valence-corrected chi connectivity index (χ4v) is 2.78. The van der Waals surface area contributed by atoms with Crippen LogP contribution in [0.5, 0.6) is 0 Å². The molecule has 0 rings (SSSR count). The molecule has 0 aromatic carbocycles. The molecular weight excluding hydrogens is 392 g/mol. The van der Waals surface area contributed by atoms with E-state index in [-0.39, 0.29) is 17.8 Å². The molecule has 0 radical (unpaired) electrons. The Kier molecular flexibility index (Phi) is 12.2. The predicted octanol–water partition coefficient (Wildman–Crippen LogP) is -0.407. The van der Waals surface area contributed by atoms with Crippen LogP contribution >= 0.6 is 0 Å². The number of aliphatic hydroxyl groups excluding tert-OH is 1. The number of carbonyl (C=O) groups is 4. The molecule has 3 amide bonds. The Morgan fingerprint density at radius 3 is 1.80 bits per heavy atom. The maximum Gasteiger partial charge on any atom is 0.326 e. The topological polar surface area (TPSA) is 171 Å². The first kappa shape index (κ1) is 27.8. The van der Waals surface area contributed by atoms with Crippen molar-refractivity contribution in [2.45, 2.75) is 78.6 Å². The number of hydrogen-bond donors (Lipinski definition) is 6. The molecule has 10 nitrogen and oxygen atoms in total. The van der Waals surface area contributed by atoms with Gasteiger partial charge in [0.05, 0.1) is 6.61 Å². The summed E-state index contributed by atoms with van der Waals surface area (Å²) in [5, 5.41) is 26.1. The molecule has 0 bridgehead atoms. The van der Waals surface area contributed by atoms with Crippen LogP contribution in [0.25, 0.3) is 0 Å². The van der Waals surface area contributed by atoms with E-state index < -0.39 is 54.5 Å². The molecule has 5 atom stereocenters. The summed E-state index contributed by atoms with van der Waals surface area (Å²) in [6, 6.07) is -4.17. The minimum atomic E-state index is -1.17. The highest BCUT2D eigenvalue weighted by molar-refractivity contribution is 5.94. The average Bonchev–Trinajstić information content (AvgIpc) is 2.66. The van der Waals surface area contributed by atoms with Crippen molar-refractivity contribution < 1.29 is 29.4 Å². The monoisotopic (exact) mass is 430 g/mol. The van der Waals surface area contributed by atoms with E-state index in [1.807, 2.05) is 20.8 Å². The highest BCUT2D eigenvalue weighted by Gasteiger charge is 2.33. The lowest BCUT2D eigenvalue weighted by molar-refractivity contribution is -0.144. The van der Waals surface area contributed by atoms with Crippen LogP contribution in [0, 0.1) is 17.8 Å². The number of rotatable bonds is 13. The Balaban J connectivity index is 5.46. The number of aliphatic carboxylic acids is 1. The minimum absolute atomic E-state index is 0.0443. The van der Waals surface area contributed by atoms with Crippen molar-refractivity contribution in [3.05, 3.63) is 0 Å². The van der Waals surface area contributed by atoms with Crippen molar-refractivity contribution in [2.24, 2.45) is 23.5 Å². The molecule has 7 N–H and O–H groups in total. The smallest absolute Gasteiger partial charge is 0.326 e. The van der Waals surface area contributed by atoms with Gasteiger partial charge in [-0.3, -0.25) is 14.4 Å². The number of nitrogens with one attached hydrogen (secondary N) is 3. The Morgan fingerprint density at radius 2 is 1.40 bits per heavy atom. The third-order valence-corrected chi connectivity index (χ3v) is 4.90. The number of aliphatic hydroxyl groups is 1. The highest BCUT2D eigenvalue weighted by atomic mass is 16.4. The van der Waals surface area contributed by atoms with Crippen LogP contribution in [0.15, 0.2) is 0 Å². The third kappa shape index (κ3) is 9.08. The molecule has 174 valence electrons. The van der Waals surface area contributed by atoms with Crippen LogP contribution in [0.1, 0.15) is 54.4 Å². The van der Waals surface area contributed by atoms with Crippen LogP contribution in [0.2, 0.25) is 0 Å². The lowest BCUT2D eigenvalue weighted by atomic mass is 9.97. The molecule has 0 aromatic heterocycles. The van der Waals surface area contributed by atoms with Crippen LogP contribution in [-0.4, -0.2) is 64.7 Å². The Hall–Kier alpha value is -2.20. The van der Waals surface area contributed by atoms with Gasteiger partial charge in [-0.05, 0) is 24.2 Å². The summed E-state index contributed by atoms with van der Waals surface area (Å²) in [5.74, 6) is -3.55. The van der Waals surface area contributed by atoms with Gasteiger partial charge in [0, 0.05) is 0 Å². The van der Waals surface area contributed by atoms with Gasteiger partial charge in [0.25, 0.3) is 0 Å². The van der Waals surface area contributed by atoms with Gasteiger partial charge in [0.1, 0.15) is 24.2 Å². The first-order valence-electron chi connectivity index (χ1n) is 10.4. The van der Waals surface area contributed by atoms with Crippen LogP contribution in [0.4, 0.5) is 0 Å². The molecule has 0 aliphatic heterocycles. The maximum absolute atomic E-state index is 12.8. The molecule has 10 heteroatoms. The molecule has 0 spiro atoms. The van der Waals surface area contributed by atoms with Gasteiger partial charge in [0.15, 0.2) is 0 Å². The summed E-state index contributed by atoms with van der Waals surface area (Å²) >= 11 is 0. The summed E-state index contributed by atoms with van der Waals surface area (Å²) in [4.78, 5) is 49.1. The molecular formula is C20H38N4O6. The van der Waals surface area contributed by atoms with Crippen LogP contribution in [0.3, 0.4) is 0 Å². The first-order valence-corrected chi connectivity index (χ1v) is 10.4. The summed E-state index contributed by atoms with van der Waals surface area (Å²) in [5.41, 5.74) is 5.49. The highest BCUT2D eigenvalue weighted by Crippen LogP contribution is 2.11.